The van der Waals surface area contributed by atoms with Gasteiger partial charge in [-0.05, 0) is 40.5 Å². The van der Waals surface area contributed by atoms with Gasteiger partial charge in [0.25, 0.3) is 5.91 Å². The van der Waals surface area contributed by atoms with E-state index in [0.29, 0.717) is 41.2 Å². The van der Waals surface area contributed by atoms with Gasteiger partial charge in [-0.25, -0.2) is 0 Å². The number of likely N-dealkylation sites (tertiary alicyclic amines) is 1. The van der Waals surface area contributed by atoms with Gasteiger partial charge >= 0.3 is 5.97 Å². The molecule has 0 aromatic heterocycles. The molecule has 2 aliphatic heterocycles. The first-order valence-electron chi connectivity index (χ1n) is 6.99. The van der Waals surface area contributed by atoms with Crippen LogP contribution in [-0.4, -0.2) is 48.2 Å². The number of carboxylic acid groups (broad SMARTS) is 1. The quantitative estimate of drug-likeness (QED) is 0.846. The summed E-state index contributed by atoms with van der Waals surface area (Å²) in [4.78, 5) is 26.1. The first kappa shape index (κ1) is 15.8. The van der Waals surface area contributed by atoms with Crippen molar-refractivity contribution in [2.75, 3.05) is 26.3 Å². The molecule has 2 aliphatic rings. The summed E-state index contributed by atoms with van der Waals surface area (Å²) in [6, 6.07) is 5.01. The summed E-state index contributed by atoms with van der Waals surface area (Å²) in [6.45, 7) is 1.41. The summed E-state index contributed by atoms with van der Waals surface area (Å²) in [5.74, 6) is -1.22. The van der Waals surface area contributed by atoms with E-state index in [2.05, 4.69) is 15.9 Å². The number of fused-ring (bicyclic) bond motifs is 1. The number of hydrogen-bond acceptors (Lipinski definition) is 3. The topological polar surface area (TPSA) is 66.8 Å². The number of nitrogens with zero attached hydrogens (tertiary/aromatic N) is 1. The summed E-state index contributed by atoms with van der Waals surface area (Å²) in [7, 11) is 0. The standard InChI is InChI=1S/C15H15BrClNO4/c16-12-2-1-10(17)5-11(12)13(19)18-6-9-7-22-4-3-15(9,8-18)14(20)21/h1-2,5,9H,3-4,6-8H2,(H,20,21)/t9-,15+/m0/s1. The van der Waals surface area contributed by atoms with Crippen molar-refractivity contribution in [2.24, 2.45) is 11.3 Å². The zero-order valence-corrected chi connectivity index (χ0v) is 14.1. The van der Waals surface area contributed by atoms with Gasteiger partial charge < -0.3 is 14.7 Å². The summed E-state index contributed by atoms with van der Waals surface area (Å²) in [5, 5.41) is 10.1. The molecule has 118 valence electrons. The van der Waals surface area contributed by atoms with E-state index in [1.165, 1.54) is 0 Å². The molecule has 2 heterocycles. The average Bonchev–Trinajstić information content (AvgIpc) is 2.90. The molecule has 0 radical (unpaired) electrons. The Balaban J connectivity index is 1.89. The Morgan fingerprint density at radius 2 is 2.23 bits per heavy atom. The number of hydrogen-bond donors (Lipinski definition) is 1. The number of halogens is 2. The van der Waals surface area contributed by atoms with Gasteiger partial charge in [-0.2, -0.15) is 0 Å². The van der Waals surface area contributed by atoms with Crippen LogP contribution in [0.4, 0.5) is 0 Å². The zero-order valence-electron chi connectivity index (χ0n) is 11.7. The van der Waals surface area contributed by atoms with Crippen molar-refractivity contribution in [3.8, 4) is 0 Å². The largest absolute Gasteiger partial charge is 0.481 e. The summed E-state index contributed by atoms with van der Waals surface area (Å²) in [6.07, 6.45) is 0.438. The van der Waals surface area contributed by atoms with Crippen molar-refractivity contribution in [3.05, 3.63) is 33.3 Å². The lowest BCUT2D eigenvalue weighted by Crippen LogP contribution is -2.45. The molecular formula is C15H15BrClNO4. The molecule has 0 unspecified atom stereocenters. The van der Waals surface area contributed by atoms with Gasteiger partial charge in [-0.3, -0.25) is 9.59 Å². The Labute approximate surface area is 141 Å². The average molecular weight is 389 g/mol. The first-order valence-corrected chi connectivity index (χ1v) is 8.16. The molecule has 1 aromatic rings. The van der Waals surface area contributed by atoms with E-state index in [4.69, 9.17) is 16.3 Å². The minimum atomic E-state index is -0.890. The van der Waals surface area contributed by atoms with Crippen LogP contribution in [0, 0.1) is 11.3 Å². The highest BCUT2D eigenvalue weighted by Crippen LogP contribution is 2.43. The molecule has 22 heavy (non-hydrogen) atoms. The Bertz CT molecular complexity index is 638. The second-order valence-electron chi connectivity index (χ2n) is 5.79. The lowest BCUT2D eigenvalue weighted by atomic mass is 9.74. The van der Waals surface area contributed by atoms with Crippen LogP contribution in [0.15, 0.2) is 22.7 Å². The smallest absolute Gasteiger partial charge is 0.311 e. The fraction of sp³-hybridized carbons (Fsp3) is 0.467. The molecule has 0 bridgehead atoms. The number of amides is 1. The number of carboxylic acids is 1. The van der Waals surface area contributed by atoms with Gasteiger partial charge in [0, 0.05) is 35.1 Å². The van der Waals surface area contributed by atoms with Gasteiger partial charge in [0.2, 0.25) is 0 Å². The SMILES string of the molecule is O=C(c1cc(Cl)ccc1Br)N1C[C@H]2COCC[C@@]2(C(=O)O)C1. The van der Waals surface area contributed by atoms with E-state index < -0.39 is 11.4 Å². The Kier molecular flexibility index (Phi) is 4.18. The normalized spacial score (nSPS) is 27.5. The molecule has 1 N–H and O–H groups in total. The number of ether oxygens (including phenoxy) is 1. The lowest BCUT2D eigenvalue weighted by molar-refractivity contribution is -0.157. The molecule has 1 aromatic carbocycles. The molecule has 2 atom stereocenters. The van der Waals surface area contributed by atoms with Gasteiger partial charge in [-0.15, -0.1) is 0 Å². The van der Waals surface area contributed by atoms with Crippen molar-refractivity contribution >= 4 is 39.4 Å². The van der Waals surface area contributed by atoms with E-state index in [0.717, 1.165) is 0 Å². The summed E-state index contributed by atoms with van der Waals surface area (Å²) >= 11 is 9.31. The molecule has 1 amide bonds. The predicted octanol–water partition coefficient (Wildman–Crippen LogP) is 2.67. The number of carbonyl (C=O) groups excluding carboxylic acids is 1. The predicted molar refractivity (Wildman–Crippen MR) is 84.1 cm³/mol. The van der Waals surface area contributed by atoms with E-state index in [-0.39, 0.29) is 18.4 Å². The third kappa shape index (κ3) is 2.53. The van der Waals surface area contributed by atoms with E-state index >= 15 is 0 Å². The molecule has 5 nitrogen and oxygen atoms in total. The van der Waals surface area contributed by atoms with E-state index in [1.807, 2.05) is 0 Å². The summed E-state index contributed by atoms with van der Waals surface area (Å²) < 4.78 is 6.05. The number of benzene rings is 1. The highest BCUT2D eigenvalue weighted by molar-refractivity contribution is 9.10. The molecule has 3 rings (SSSR count). The molecule has 7 heteroatoms. The van der Waals surface area contributed by atoms with Crippen molar-refractivity contribution in [3.63, 3.8) is 0 Å². The second kappa shape index (κ2) is 5.83. The Morgan fingerprint density at radius 3 is 2.91 bits per heavy atom. The third-order valence-corrected chi connectivity index (χ3v) is 5.51. The van der Waals surface area contributed by atoms with Crippen LogP contribution in [0.2, 0.25) is 5.02 Å². The van der Waals surface area contributed by atoms with Gasteiger partial charge in [0.1, 0.15) is 0 Å². The van der Waals surface area contributed by atoms with Crippen LogP contribution >= 0.6 is 27.5 Å². The minimum Gasteiger partial charge on any atom is -0.481 e. The second-order valence-corrected chi connectivity index (χ2v) is 7.08. The lowest BCUT2D eigenvalue weighted by Gasteiger charge is -2.33. The zero-order chi connectivity index (χ0) is 15.9. The van der Waals surface area contributed by atoms with Crippen LogP contribution in [0.5, 0.6) is 0 Å². The van der Waals surface area contributed by atoms with Crippen molar-refractivity contribution < 1.29 is 19.4 Å². The van der Waals surface area contributed by atoms with Crippen LogP contribution < -0.4 is 0 Å². The maximum atomic E-state index is 12.7. The molecule has 2 fully saturated rings. The fourth-order valence-electron chi connectivity index (χ4n) is 3.29. The molecule has 0 saturated carbocycles. The number of carbonyl (C=O) groups is 2. The van der Waals surface area contributed by atoms with E-state index in [9.17, 15) is 14.7 Å². The van der Waals surface area contributed by atoms with Crippen LogP contribution in [-0.2, 0) is 9.53 Å². The van der Waals surface area contributed by atoms with Crippen LogP contribution in [0.1, 0.15) is 16.8 Å². The first-order chi connectivity index (χ1) is 10.4. The molecule has 2 saturated heterocycles. The van der Waals surface area contributed by atoms with Gasteiger partial charge in [0.15, 0.2) is 0 Å². The number of aliphatic carboxylic acids is 1. The Hall–Kier alpha value is -1.11. The van der Waals surface area contributed by atoms with Crippen molar-refractivity contribution in [1.29, 1.82) is 0 Å². The molecular weight excluding hydrogens is 374 g/mol. The molecule has 0 spiro atoms. The van der Waals surface area contributed by atoms with Crippen LogP contribution in [0.3, 0.4) is 0 Å². The van der Waals surface area contributed by atoms with Crippen LogP contribution in [0.25, 0.3) is 0 Å². The Morgan fingerprint density at radius 1 is 1.45 bits per heavy atom. The maximum Gasteiger partial charge on any atom is 0.311 e. The highest BCUT2D eigenvalue weighted by atomic mass is 79.9. The minimum absolute atomic E-state index is 0.166. The summed E-state index contributed by atoms with van der Waals surface area (Å²) in [5.41, 5.74) is -0.438. The monoisotopic (exact) mass is 387 g/mol. The molecule has 0 aliphatic carbocycles. The third-order valence-electron chi connectivity index (χ3n) is 4.58. The van der Waals surface area contributed by atoms with Crippen molar-refractivity contribution in [2.45, 2.75) is 6.42 Å². The van der Waals surface area contributed by atoms with E-state index in [1.54, 1.807) is 23.1 Å². The van der Waals surface area contributed by atoms with Gasteiger partial charge in [-0.1, -0.05) is 11.6 Å². The van der Waals surface area contributed by atoms with Gasteiger partial charge in [0.05, 0.1) is 17.6 Å². The highest BCUT2D eigenvalue weighted by Gasteiger charge is 2.55. The fourth-order valence-corrected chi connectivity index (χ4v) is 3.87. The van der Waals surface area contributed by atoms with Crippen molar-refractivity contribution in [1.82, 2.24) is 4.90 Å². The number of rotatable bonds is 2. The maximum absolute atomic E-state index is 12.7.